The molecule has 2 aromatic rings. The first kappa shape index (κ1) is 13.0. The quantitative estimate of drug-likeness (QED) is 0.644. The fraction of sp³-hybridized carbons (Fsp3) is 0.571. The highest BCUT2D eigenvalue weighted by Crippen LogP contribution is 2.40. The summed E-state index contributed by atoms with van der Waals surface area (Å²) in [6.45, 7) is 1.23. The monoisotopic (exact) mass is 308 g/mol. The van der Waals surface area contributed by atoms with Crippen LogP contribution in [0.25, 0.3) is 10.2 Å². The minimum absolute atomic E-state index is 0.283. The van der Waals surface area contributed by atoms with Crippen molar-refractivity contribution in [1.82, 2.24) is 9.97 Å². The van der Waals surface area contributed by atoms with Crippen molar-refractivity contribution in [1.29, 1.82) is 0 Å². The Morgan fingerprint density at radius 3 is 3.25 bits per heavy atom. The van der Waals surface area contributed by atoms with E-state index in [0.29, 0.717) is 6.79 Å². The molecule has 0 spiro atoms. The van der Waals surface area contributed by atoms with Crippen LogP contribution >= 0.6 is 23.1 Å². The van der Waals surface area contributed by atoms with E-state index in [1.807, 2.05) is 11.3 Å². The summed E-state index contributed by atoms with van der Waals surface area (Å²) < 4.78 is 10.8. The summed E-state index contributed by atoms with van der Waals surface area (Å²) >= 11 is 3.65. The van der Waals surface area contributed by atoms with E-state index in [-0.39, 0.29) is 6.10 Å². The van der Waals surface area contributed by atoms with E-state index < -0.39 is 0 Å². The van der Waals surface area contributed by atoms with Crippen LogP contribution in [-0.2, 0) is 22.3 Å². The van der Waals surface area contributed by atoms with Crippen molar-refractivity contribution in [3.63, 3.8) is 0 Å². The fourth-order valence-electron chi connectivity index (χ4n) is 2.81. The molecule has 0 aromatic carbocycles. The molecular formula is C14H16N2O2S2. The van der Waals surface area contributed by atoms with Crippen LogP contribution in [0, 0.1) is 0 Å². The van der Waals surface area contributed by atoms with Gasteiger partial charge in [-0.2, -0.15) is 0 Å². The Kier molecular flexibility index (Phi) is 3.64. The normalized spacial score (nSPS) is 22.3. The molecule has 3 heterocycles. The van der Waals surface area contributed by atoms with E-state index in [9.17, 15) is 0 Å². The third kappa shape index (κ3) is 2.35. The summed E-state index contributed by atoms with van der Waals surface area (Å²) in [5.74, 6) is 0.945. The van der Waals surface area contributed by atoms with Crippen molar-refractivity contribution >= 4 is 33.3 Å². The lowest BCUT2D eigenvalue weighted by atomic mass is 10.2. The molecule has 1 atom stereocenters. The zero-order valence-electron chi connectivity index (χ0n) is 11.1. The largest absolute Gasteiger partial charge is 0.355 e. The van der Waals surface area contributed by atoms with Crippen molar-refractivity contribution in [2.24, 2.45) is 0 Å². The van der Waals surface area contributed by atoms with Gasteiger partial charge in [0.25, 0.3) is 0 Å². The predicted molar refractivity (Wildman–Crippen MR) is 80.5 cm³/mol. The van der Waals surface area contributed by atoms with Crippen LogP contribution in [0.2, 0.25) is 0 Å². The number of nitrogens with zero attached hydrogens (tertiary/aromatic N) is 2. The van der Waals surface area contributed by atoms with Gasteiger partial charge in [0.05, 0.1) is 12.7 Å². The van der Waals surface area contributed by atoms with E-state index in [4.69, 9.17) is 9.47 Å². The second-order valence-corrected chi connectivity index (χ2v) is 7.22. The van der Waals surface area contributed by atoms with Crippen LogP contribution in [0.15, 0.2) is 11.4 Å². The molecule has 0 bridgehead atoms. The number of fused-ring (bicyclic) bond motifs is 3. The van der Waals surface area contributed by atoms with Gasteiger partial charge in [0, 0.05) is 16.0 Å². The zero-order chi connectivity index (χ0) is 13.4. The van der Waals surface area contributed by atoms with Gasteiger partial charge in [0.15, 0.2) is 0 Å². The molecule has 1 aliphatic carbocycles. The Morgan fingerprint density at radius 2 is 2.35 bits per heavy atom. The first-order valence-electron chi connectivity index (χ1n) is 6.99. The van der Waals surface area contributed by atoms with Gasteiger partial charge in [-0.05, 0) is 31.2 Å². The van der Waals surface area contributed by atoms with Crippen LogP contribution in [0.4, 0.5) is 0 Å². The molecule has 0 N–H and O–H groups in total. The van der Waals surface area contributed by atoms with Gasteiger partial charge in [-0.1, -0.05) is 0 Å². The maximum atomic E-state index is 5.60. The number of aromatic nitrogens is 2. The van der Waals surface area contributed by atoms with Crippen LogP contribution in [0.1, 0.15) is 23.3 Å². The Bertz CT molecular complexity index is 623. The Balaban J connectivity index is 1.59. The minimum atomic E-state index is 0.283. The van der Waals surface area contributed by atoms with Gasteiger partial charge in [0.2, 0.25) is 0 Å². The molecule has 0 unspecified atom stereocenters. The smallest absolute Gasteiger partial charge is 0.147 e. The summed E-state index contributed by atoms with van der Waals surface area (Å²) in [5.41, 5.74) is 1.50. The second kappa shape index (κ2) is 5.60. The number of ether oxygens (including phenoxy) is 2. The van der Waals surface area contributed by atoms with Crippen molar-refractivity contribution in [2.45, 2.75) is 36.8 Å². The zero-order valence-corrected chi connectivity index (χ0v) is 12.8. The number of aryl methyl sites for hydroxylation is 2. The summed E-state index contributed by atoms with van der Waals surface area (Å²) in [7, 11) is 0. The lowest BCUT2D eigenvalue weighted by molar-refractivity contribution is -0.130. The number of rotatable bonds is 3. The van der Waals surface area contributed by atoms with E-state index in [0.717, 1.165) is 28.6 Å². The van der Waals surface area contributed by atoms with Gasteiger partial charge >= 0.3 is 0 Å². The maximum Gasteiger partial charge on any atom is 0.147 e. The molecule has 6 heteroatoms. The highest BCUT2D eigenvalue weighted by molar-refractivity contribution is 7.99. The van der Waals surface area contributed by atoms with Crippen LogP contribution in [0.3, 0.4) is 0 Å². The van der Waals surface area contributed by atoms with Crippen molar-refractivity contribution in [3.8, 4) is 0 Å². The number of hydrogen-bond donors (Lipinski definition) is 0. The van der Waals surface area contributed by atoms with Gasteiger partial charge in [-0.3, -0.25) is 0 Å². The lowest BCUT2D eigenvalue weighted by Crippen LogP contribution is -2.25. The Morgan fingerprint density at radius 1 is 1.35 bits per heavy atom. The van der Waals surface area contributed by atoms with Crippen molar-refractivity contribution in [2.75, 3.05) is 19.2 Å². The molecule has 0 saturated carbocycles. The summed E-state index contributed by atoms with van der Waals surface area (Å²) in [5, 5.41) is 2.44. The molecular weight excluding hydrogens is 292 g/mol. The highest BCUT2D eigenvalue weighted by atomic mass is 32.2. The van der Waals surface area contributed by atoms with Crippen molar-refractivity contribution < 1.29 is 9.47 Å². The minimum Gasteiger partial charge on any atom is -0.355 e. The van der Waals surface area contributed by atoms with Crippen LogP contribution in [-0.4, -0.2) is 35.2 Å². The molecule has 20 heavy (non-hydrogen) atoms. The van der Waals surface area contributed by atoms with Gasteiger partial charge in [-0.15, -0.1) is 23.1 Å². The number of hydrogen-bond acceptors (Lipinski definition) is 6. The first-order chi connectivity index (χ1) is 9.92. The molecule has 2 aliphatic rings. The summed E-state index contributed by atoms with van der Waals surface area (Å²) in [6, 6.07) is 0. The van der Waals surface area contributed by atoms with E-state index in [1.165, 1.54) is 35.1 Å². The Hall–Kier alpha value is -0.690. The molecule has 0 radical (unpaired) electrons. The molecule has 4 rings (SSSR count). The fourth-order valence-corrected chi connectivity index (χ4v) is 5.20. The number of thioether (sulfide) groups is 1. The number of thiophene rings is 1. The average molecular weight is 308 g/mol. The van der Waals surface area contributed by atoms with Gasteiger partial charge < -0.3 is 9.47 Å². The third-order valence-corrected chi connectivity index (χ3v) is 6.16. The van der Waals surface area contributed by atoms with Crippen molar-refractivity contribution in [3.05, 3.63) is 16.8 Å². The maximum absolute atomic E-state index is 5.60. The lowest BCUT2D eigenvalue weighted by Gasteiger charge is -2.22. The second-order valence-electron chi connectivity index (χ2n) is 5.13. The summed E-state index contributed by atoms with van der Waals surface area (Å²) in [4.78, 5) is 11.6. The van der Waals surface area contributed by atoms with Crippen LogP contribution < -0.4 is 0 Å². The molecule has 2 aromatic heterocycles. The first-order valence-corrected chi connectivity index (χ1v) is 8.79. The van der Waals surface area contributed by atoms with E-state index >= 15 is 0 Å². The summed E-state index contributed by atoms with van der Waals surface area (Å²) in [6.07, 6.45) is 6.63. The van der Waals surface area contributed by atoms with Gasteiger partial charge in [-0.25, -0.2) is 9.97 Å². The van der Waals surface area contributed by atoms with Gasteiger partial charge in [0.1, 0.15) is 23.0 Å². The Labute approximate surface area is 125 Å². The van der Waals surface area contributed by atoms with E-state index in [2.05, 4.69) is 9.97 Å². The van der Waals surface area contributed by atoms with Crippen LogP contribution in [0.5, 0.6) is 0 Å². The van der Waals surface area contributed by atoms with E-state index in [1.54, 1.807) is 18.1 Å². The third-order valence-electron chi connectivity index (χ3n) is 3.84. The molecule has 106 valence electrons. The molecule has 1 aliphatic heterocycles. The predicted octanol–water partition coefficient (Wildman–Crippen LogP) is 3.04. The molecule has 1 saturated heterocycles. The topological polar surface area (TPSA) is 44.2 Å². The molecule has 0 amide bonds. The SMILES string of the molecule is c1nc(SC[C@@H]2CCOCO2)c2c3c(sc2n1)CCC3. The average Bonchev–Trinajstić information content (AvgIpc) is 3.06. The highest BCUT2D eigenvalue weighted by Gasteiger charge is 2.22. The molecule has 4 nitrogen and oxygen atoms in total. The molecule has 1 fully saturated rings. The standard InChI is InChI=1S/C14H16N2O2S2/c1-2-10-11(3-1)20-14-12(10)13(15-7-16-14)19-6-9-4-5-17-8-18-9/h7,9H,1-6,8H2/t9-/m0/s1.